The largest absolute Gasteiger partial charge is 0.507 e. The highest BCUT2D eigenvalue weighted by Crippen LogP contribution is 2.20. The summed E-state index contributed by atoms with van der Waals surface area (Å²) in [5.41, 5.74) is 0.967. The van der Waals surface area contributed by atoms with Crippen LogP contribution in [0.1, 0.15) is 15.9 Å². The second kappa shape index (κ2) is 6.61. The van der Waals surface area contributed by atoms with Crippen LogP contribution in [0, 0.1) is 0 Å². The Morgan fingerprint density at radius 1 is 0.952 bits per heavy atom. The van der Waals surface area contributed by atoms with E-state index in [1.54, 1.807) is 55.6 Å². The second-order valence-corrected chi connectivity index (χ2v) is 4.36. The Hall–Kier alpha value is -2.75. The molecule has 1 N–H and O–H groups in total. The number of methoxy groups -OCH3 is 2. The number of hydrogen-bond donors (Lipinski definition) is 1. The highest BCUT2D eigenvalue weighted by atomic mass is 16.5. The Bertz CT molecular complexity index is 674. The fraction of sp³-hybridized carbons (Fsp3) is 0.118. The van der Waals surface area contributed by atoms with E-state index in [0.717, 1.165) is 0 Å². The van der Waals surface area contributed by atoms with Crippen molar-refractivity contribution in [2.24, 2.45) is 0 Å². The van der Waals surface area contributed by atoms with Gasteiger partial charge >= 0.3 is 0 Å². The fourth-order valence-electron chi connectivity index (χ4n) is 1.85. The second-order valence-electron chi connectivity index (χ2n) is 4.36. The van der Waals surface area contributed by atoms with E-state index >= 15 is 0 Å². The maximum absolute atomic E-state index is 12.1. The first-order chi connectivity index (χ1) is 10.1. The number of ketones is 1. The predicted octanol–water partition coefficient (Wildman–Crippen LogP) is 3.49. The number of hydrogen-bond acceptors (Lipinski definition) is 4. The summed E-state index contributed by atoms with van der Waals surface area (Å²) < 4.78 is 10.2. The van der Waals surface area contributed by atoms with Crippen molar-refractivity contribution >= 4 is 11.5 Å². The number of rotatable bonds is 5. The third-order valence-corrected chi connectivity index (χ3v) is 2.99. The summed E-state index contributed by atoms with van der Waals surface area (Å²) in [5, 5.41) is 10.1. The average molecular weight is 284 g/mol. The normalized spacial score (nSPS) is 11.0. The van der Waals surface area contributed by atoms with E-state index in [0.29, 0.717) is 22.6 Å². The maximum Gasteiger partial charge on any atom is 0.189 e. The van der Waals surface area contributed by atoms with Gasteiger partial charge in [-0.1, -0.05) is 24.3 Å². The Morgan fingerprint density at radius 3 is 2.05 bits per heavy atom. The molecule has 0 unspecified atom stereocenters. The van der Waals surface area contributed by atoms with E-state index in [9.17, 15) is 9.90 Å². The summed E-state index contributed by atoms with van der Waals surface area (Å²) in [6.45, 7) is 0. The van der Waals surface area contributed by atoms with Gasteiger partial charge in [0, 0.05) is 17.2 Å². The minimum atomic E-state index is -0.297. The van der Waals surface area contributed by atoms with Crippen LogP contribution in [0.25, 0.3) is 5.76 Å². The monoisotopic (exact) mass is 284 g/mol. The lowest BCUT2D eigenvalue weighted by Crippen LogP contribution is -1.97. The summed E-state index contributed by atoms with van der Waals surface area (Å²) in [7, 11) is 3.08. The summed E-state index contributed by atoms with van der Waals surface area (Å²) in [4.78, 5) is 12.1. The van der Waals surface area contributed by atoms with Gasteiger partial charge in [0.25, 0.3) is 0 Å². The molecule has 0 aromatic heterocycles. The van der Waals surface area contributed by atoms with Gasteiger partial charge in [-0.25, -0.2) is 0 Å². The third-order valence-electron chi connectivity index (χ3n) is 2.99. The van der Waals surface area contributed by atoms with Gasteiger partial charge in [-0.15, -0.1) is 0 Å². The molecule has 2 aromatic rings. The molecule has 0 spiro atoms. The minimum Gasteiger partial charge on any atom is -0.507 e. The van der Waals surface area contributed by atoms with Crippen LogP contribution in [0.5, 0.6) is 11.5 Å². The fourth-order valence-corrected chi connectivity index (χ4v) is 1.85. The maximum atomic E-state index is 12.1. The molecule has 0 aliphatic carbocycles. The lowest BCUT2D eigenvalue weighted by molar-refractivity contribution is 0.104. The van der Waals surface area contributed by atoms with Crippen LogP contribution in [0.3, 0.4) is 0 Å². The summed E-state index contributed by atoms with van der Waals surface area (Å²) in [6.07, 6.45) is 1.18. The van der Waals surface area contributed by atoms with Gasteiger partial charge in [-0.2, -0.15) is 0 Å². The van der Waals surface area contributed by atoms with E-state index in [1.807, 2.05) is 0 Å². The molecule has 0 radical (unpaired) electrons. The molecular weight excluding hydrogens is 268 g/mol. The lowest BCUT2D eigenvalue weighted by Gasteiger charge is -2.04. The van der Waals surface area contributed by atoms with Crippen LogP contribution < -0.4 is 9.47 Å². The summed E-state index contributed by atoms with van der Waals surface area (Å²) in [5.74, 6) is 0.798. The molecule has 4 heteroatoms. The summed E-state index contributed by atoms with van der Waals surface area (Å²) >= 11 is 0. The first-order valence-electron chi connectivity index (χ1n) is 6.37. The molecule has 0 saturated carbocycles. The molecule has 0 aliphatic rings. The van der Waals surface area contributed by atoms with Crippen LogP contribution in [0.4, 0.5) is 0 Å². The van der Waals surface area contributed by atoms with E-state index in [1.165, 1.54) is 13.2 Å². The van der Waals surface area contributed by atoms with Gasteiger partial charge in [0.1, 0.15) is 17.3 Å². The zero-order chi connectivity index (χ0) is 15.2. The zero-order valence-corrected chi connectivity index (χ0v) is 11.9. The van der Waals surface area contributed by atoms with E-state index in [-0.39, 0.29) is 11.5 Å². The van der Waals surface area contributed by atoms with Crippen molar-refractivity contribution < 1.29 is 19.4 Å². The van der Waals surface area contributed by atoms with Crippen LogP contribution in [-0.2, 0) is 0 Å². The first-order valence-corrected chi connectivity index (χ1v) is 6.37. The zero-order valence-electron chi connectivity index (χ0n) is 11.9. The Kier molecular flexibility index (Phi) is 4.61. The molecule has 0 heterocycles. The summed E-state index contributed by atoms with van der Waals surface area (Å²) in [6, 6.07) is 13.6. The highest BCUT2D eigenvalue weighted by molar-refractivity contribution is 6.08. The number of benzene rings is 2. The lowest BCUT2D eigenvalue weighted by atomic mass is 10.1. The number of allylic oxidation sites excluding steroid dienone is 1. The molecule has 108 valence electrons. The molecule has 0 fully saturated rings. The first kappa shape index (κ1) is 14.7. The van der Waals surface area contributed by atoms with Crippen molar-refractivity contribution in [3.8, 4) is 11.5 Å². The van der Waals surface area contributed by atoms with Crippen LogP contribution in [-0.4, -0.2) is 25.1 Å². The molecule has 4 nitrogen and oxygen atoms in total. The van der Waals surface area contributed by atoms with Crippen molar-refractivity contribution in [3.63, 3.8) is 0 Å². The number of carbonyl (C=O) groups excluding carboxylic acids is 1. The number of carbonyl (C=O) groups is 1. The third kappa shape index (κ3) is 3.63. The molecule has 2 aromatic carbocycles. The van der Waals surface area contributed by atoms with Gasteiger partial charge in [0.2, 0.25) is 0 Å². The molecule has 0 saturated heterocycles. The Balaban J connectivity index is 2.26. The van der Waals surface area contributed by atoms with Crippen molar-refractivity contribution in [3.05, 3.63) is 65.7 Å². The van der Waals surface area contributed by atoms with Crippen molar-refractivity contribution in [2.45, 2.75) is 0 Å². The van der Waals surface area contributed by atoms with Crippen molar-refractivity contribution in [1.82, 2.24) is 0 Å². The van der Waals surface area contributed by atoms with Gasteiger partial charge in [-0.3, -0.25) is 4.79 Å². The Morgan fingerprint density at radius 2 is 1.48 bits per heavy atom. The molecular formula is C17H16O4. The topological polar surface area (TPSA) is 55.8 Å². The van der Waals surface area contributed by atoms with Crippen LogP contribution in [0.15, 0.2) is 54.6 Å². The van der Waals surface area contributed by atoms with Crippen molar-refractivity contribution in [2.75, 3.05) is 14.2 Å². The van der Waals surface area contributed by atoms with Gasteiger partial charge in [0.05, 0.1) is 14.2 Å². The SMILES string of the molecule is COc1cccc(C(=O)C=C(O)c2cccc(OC)c2)c1. The number of aliphatic hydroxyl groups excluding tert-OH is 1. The van der Waals surface area contributed by atoms with Gasteiger partial charge < -0.3 is 14.6 Å². The number of aliphatic hydroxyl groups is 1. The van der Waals surface area contributed by atoms with E-state index in [2.05, 4.69) is 0 Å². The van der Waals surface area contributed by atoms with E-state index in [4.69, 9.17) is 9.47 Å². The minimum absolute atomic E-state index is 0.110. The number of ether oxygens (including phenoxy) is 2. The standard InChI is InChI=1S/C17H16O4/c1-20-14-7-3-5-12(9-14)16(18)11-17(19)13-6-4-8-15(10-13)21-2/h3-11,18H,1-2H3. The van der Waals surface area contributed by atoms with Gasteiger partial charge in [-0.05, 0) is 24.3 Å². The predicted molar refractivity (Wildman–Crippen MR) is 80.9 cm³/mol. The highest BCUT2D eigenvalue weighted by Gasteiger charge is 2.08. The molecule has 0 aliphatic heterocycles. The van der Waals surface area contributed by atoms with Crippen LogP contribution >= 0.6 is 0 Å². The van der Waals surface area contributed by atoms with Crippen molar-refractivity contribution in [1.29, 1.82) is 0 Å². The average Bonchev–Trinajstić information content (AvgIpc) is 2.54. The van der Waals surface area contributed by atoms with E-state index < -0.39 is 0 Å². The van der Waals surface area contributed by atoms with Crippen LogP contribution in [0.2, 0.25) is 0 Å². The molecule has 0 amide bonds. The molecule has 21 heavy (non-hydrogen) atoms. The molecule has 0 bridgehead atoms. The smallest absolute Gasteiger partial charge is 0.189 e. The molecule has 2 rings (SSSR count). The Labute approximate surface area is 123 Å². The van der Waals surface area contributed by atoms with Gasteiger partial charge in [0.15, 0.2) is 5.78 Å². The molecule has 0 atom stereocenters. The quantitative estimate of drug-likeness (QED) is 0.519.